The number of hydrogen-bond donors (Lipinski definition) is 0. The van der Waals surface area contributed by atoms with Crippen LogP contribution in [0.3, 0.4) is 0 Å². The average Bonchev–Trinajstić information content (AvgIpc) is 3.67. The van der Waals surface area contributed by atoms with E-state index in [0.717, 1.165) is 28.3 Å². The summed E-state index contributed by atoms with van der Waals surface area (Å²) in [5.41, 5.74) is 15.3. The van der Waals surface area contributed by atoms with E-state index >= 15 is 0 Å². The SMILES string of the molecule is c1ccc(-c2ccc(N(c3ccc(-c4ccccc4)cc3)c3ccc(-c4cccc5c(-c6ccccc6)c6c7ccccc7c7ccccc7c6n45)cc3)cc2)cc1. The second-order valence-corrected chi connectivity index (χ2v) is 14.9. The van der Waals surface area contributed by atoms with E-state index in [-0.39, 0.29) is 0 Å². The lowest BCUT2D eigenvalue weighted by atomic mass is 9.94. The maximum absolute atomic E-state index is 2.50. The standard InChI is InChI=1S/C56H38N2/c1-4-15-39(16-5-1)41-27-33-45(34-28-41)57(46-35-29-42(30-36-46)40-17-6-2-7-18-40)47-37-31-43(32-38-47)52-25-14-26-53-54(44-19-8-3-9-20-44)55-50-23-12-10-21-48(50)49-22-11-13-24-51(49)56(55)58(52)53/h1-38H. The Morgan fingerprint density at radius 3 is 1.19 bits per heavy atom. The first-order valence-corrected chi connectivity index (χ1v) is 19.9. The van der Waals surface area contributed by atoms with Crippen LogP contribution in [-0.4, -0.2) is 4.40 Å². The van der Waals surface area contributed by atoms with Gasteiger partial charge in [-0.15, -0.1) is 0 Å². The Hall–Kier alpha value is -7.68. The van der Waals surface area contributed by atoms with Crippen molar-refractivity contribution >= 4 is 55.0 Å². The highest BCUT2D eigenvalue weighted by molar-refractivity contribution is 6.30. The van der Waals surface area contributed by atoms with E-state index in [2.05, 4.69) is 240 Å². The minimum Gasteiger partial charge on any atom is -0.311 e. The van der Waals surface area contributed by atoms with Crippen molar-refractivity contribution in [1.29, 1.82) is 0 Å². The number of anilines is 3. The van der Waals surface area contributed by atoms with E-state index in [0.29, 0.717) is 0 Å². The monoisotopic (exact) mass is 738 g/mol. The minimum absolute atomic E-state index is 1.09. The molecule has 0 saturated carbocycles. The van der Waals surface area contributed by atoms with Gasteiger partial charge < -0.3 is 9.30 Å². The lowest BCUT2D eigenvalue weighted by Crippen LogP contribution is -2.09. The number of hydrogen-bond acceptors (Lipinski definition) is 1. The van der Waals surface area contributed by atoms with Crippen molar-refractivity contribution in [3.63, 3.8) is 0 Å². The van der Waals surface area contributed by atoms with Crippen LogP contribution < -0.4 is 4.90 Å². The van der Waals surface area contributed by atoms with Gasteiger partial charge in [0.25, 0.3) is 0 Å². The number of nitrogens with zero attached hydrogens (tertiary/aromatic N) is 2. The summed E-state index contributed by atoms with van der Waals surface area (Å²) >= 11 is 0. The molecular weight excluding hydrogens is 701 g/mol. The van der Waals surface area contributed by atoms with Crippen molar-refractivity contribution in [3.05, 3.63) is 231 Å². The molecule has 0 spiro atoms. The van der Waals surface area contributed by atoms with Crippen molar-refractivity contribution in [2.75, 3.05) is 4.90 Å². The van der Waals surface area contributed by atoms with Gasteiger partial charge in [-0.25, -0.2) is 0 Å². The van der Waals surface area contributed by atoms with E-state index in [1.807, 2.05) is 0 Å². The van der Waals surface area contributed by atoms with Crippen LogP contribution in [0.2, 0.25) is 0 Å². The van der Waals surface area contributed by atoms with Crippen molar-refractivity contribution in [2.24, 2.45) is 0 Å². The first-order chi connectivity index (χ1) is 28.8. The molecule has 0 amide bonds. The summed E-state index contributed by atoms with van der Waals surface area (Å²) in [5.74, 6) is 0. The Labute approximate surface area is 338 Å². The van der Waals surface area contributed by atoms with Gasteiger partial charge in [0.05, 0.1) is 16.7 Å². The molecule has 0 N–H and O–H groups in total. The summed E-state index contributed by atoms with van der Waals surface area (Å²) in [6.07, 6.45) is 0. The Balaban J connectivity index is 1.09. The summed E-state index contributed by atoms with van der Waals surface area (Å²) in [6.45, 7) is 0. The van der Waals surface area contributed by atoms with Gasteiger partial charge in [0.2, 0.25) is 0 Å². The van der Waals surface area contributed by atoms with Crippen LogP contribution >= 0.6 is 0 Å². The van der Waals surface area contributed by atoms with Crippen LogP contribution in [0.4, 0.5) is 17.1 Å². The van der Waals surface area contributed by atoms with Crippen LogP contribution in [0.25, 0.3) is 82.6 Å². The highest BCUT2D eigenvalue weighted by Crippen LogP contribution is 2.46. The Morgan fingerprint density at radius 2 is 0.672 bits per heavy atom. The van der Waals surface area contributed by atoms with Crippen LogP contribution in [0.5, 0.6) is 0 Å². The van der Waals surface area contributed by atoms with Gasteiger partial charge in [-0.3, -0.25) is 0 Å². The second kappa shape index (κ2) is 14.1. The Morgan fingerprint density at radius 1 is 0.276 bits per heavy atom. The number of pyridine rings is 1. The molecule has 2 heterocycles. The molecule has 2 aromatic heterocycles. The van der Waals surface area contributed by atoms with Crippen molar-refractivity contribution in [3.8, 4) is 44.6 Å². The molecule has 2 heteroatoms. The lowest BCUT2D eigenvalue weighted by Gasteiger charge is -2.26. The van der Waals surface area contributed by atoms with Crippen molar-refractivity contribution < 1.29 is 0 Å². The molecule has 0 atom stereocenters. The van der Waals surface area contributed by atoms with E-state index < -0.39 is 0 Å². The molecule has 0 radical (unpaired) electrons. The first kappa shape index (κ1) is 33.6. The topological polar surface area (TPSA) is 7.65 Å². The zero-order valence-corrected chi connectivity index (χ0v) is 31.8. The van der Waals surface area contributed by atoms with E-state index in [9.17, 15) is 0 Å². The Kier molecular flexibility index (Phi) is 8.19. The molecule has 11 aromatic rings. The minimum atomic E-state index is 1.09. The number of fused-ring (bicyclic) bond motifs is 8. The second-order valence-electron chi connectivity index (χ2n) is 14.9. The molecule has 272 valence electrons. The number of aromatic nitrogens is 1. The van der Waals surface area contributed by atoms with Crippen LogP contribution in [-0.2, 0) is 0 Å². The normalized spacial score (nSPS) is 11.4. The summed E-state index contributed by atoms with van der Waals surface area (Å²) in [4.78, 5) is 2.35. The summed E-state index contributed by atoms with van der Waals surface area (Å²) in [6, 6.07) is 83.5. The van der Waals surface area contributed by atoms with Gasteiger partial charge in [-0.05, 0) is 98.1 Å². The largest absolute Gasteiger partial charge is 0.311 e. The molecule has 0 unspecified atom stereocenters. The van der Waals surface area contributed by atoms with Gasteiger partial charge in [-0.2, -0.15) is 0 Å². The fourth-order valence-electron chi connectivity index (χ4n) is 8.90. The van der Waals surface area contributed by atoms with Gasteiger partial charge in [0, 0.05) is 33.4 Å². The summed E-state index contributed by atoms with van der Waals surface area (Å²) < 4.78 is 2.50. The molecule has 58 heavy (non-hydrogen) atoms. The maximum atomic E-state index is 2.50. The molecule has 11 rings (SSSR count). The lowest BCUT2D eigenvalue weighted by molar-refractivity contribution is 1.25. The predicted molar refractivity (Wildman–Crippen MR) is 246 cm³/mol. The van der Waals surface area contributed by atoms with Gasteiger partial charge >= 0.3 is 0 Å². The third-order valence-electron chi connectivity index (χ3n) is 11.6. The van der Waals surface area contributed by atoms with E-state index in [1.165, 1.54) is 71.3 Å². The highest BCUT2D eigenvalue weighted by Gasteiger charge is 2.22. The van der Waals surface area contributed by atoms with E-state index in [4.69, 9.17) is 0 Å². The molecule has 0 saturated heterocycles. The first-order valence-electron chi connectivity index (χ1n) is 19.9. The van der Waals surface area contributed by atoms with Crippen LogP contribution in [0.1, 0.15) is 0 Å². The average molecular weight is 739 g/mol. The molecule has 0 aliphatic carbocycles. The predicted octanol–water partition coefficient (Wildman–Crippen LogP) is 15.5. The summed E-state index contributed by atoms with van der Waals surface area (Å²) in [5, 5.41) is 6.35. The molecule has 0 aliphatic heterocycles. The third kappa shape index (κ3) is 5.66. The van der Waals surface area contributed by atoms with Crippen molar-refractivity contribution in [2.45, 2.75) is 0 Å². The van der Waals surface area contributed by atoms with Gasteiger partial charge in [-0.1, -0.05) is 182 Å². The molecular formula is C56H38N2. The van der Waals surface area contributed by atoms with Gasteiger partial charge in [0.15, 0.2) is 0 Å². The molecule has 0 bridgehead atoms. The van der Waals surface area contributed by atoms with E-state index in [1.54, 1.807) is 0 Å². The smallest absolute Gasteiger partial charge is 0.0626 e. The van der Waals surface area contributed by atoms with Crippen molar-refractivity contribution in [1.82, 2.24) is 4.40 Å². The third-order valence-corrected chi connectivity index (χ3v) is 11.6. The Bertz CT molecular complexity index is 3140. The quantitative estimate of drug-likeness (QED) is 0.148. The van der Waals surface area contributed by atoms with Crippen LogP contribution in [0.15, 0.2) is 231 Å². The fourth-order valence-corrected chi connectivity index (χ4v) is 8.90. The fraction of sp³-hybridized carbons (Fsp3) is 0. The molecule has 9 aromatic carbocycles. The highest BCUT2D eigenvalue weighted by atomic mass is 15.1. The number of rotatable bonds is 7. The zero-order chi connectivity index (χ0) is 38.4. The van der Waals surface area contributed by atoms with Crippen LogP contribution in [0, 0.1) is 0 Å². The molecule has 2 nitrogen and oxygen atoms in total. The summed E-state index contributed by atoms with van der Waals surface area (Å²) in [7, 11) is 0. The zero-order valence-electron chi connectivity index (χ0n) is 31.8. The maximum Gasteiger partial charge on any atom is 0.0626 e. The molecule has 0 fully saturated rings. The molecule has 0 aliphatic rings. The van der Waals surface area contributed by atoms with Gasteiger partial charge in [0.1, 0.15) is 0 Å². The number of benzene rings is 9.